The monoisotopic (exact) mass is 484 g/mol. The number of aryl methyl sites for hydroxylation is 1. The number of carbonyl (C=O) groups is 1. The highest BCUT2D eigenvalue weighted by Crippen LogP contribution is 2.24. The van der Waals surface area contributed by atoms with Crippen LogP contribution in [-0.2, 0) is 11.2 Å². The maximum Gasteiger partial charge on any atom is 0.222 e. The van der Waals surface area contributed by atoms with Crippen LogP contribution in [0.4, 0.5) is 5.13 Å². The van der Waals surface area contributed by atoms with E-state index in [1.807, 2.05) is 36.4 Å². The summed E-state index contributed by atoms with van der Waals surface area (Å²) in [5.41, 5.74) is 4.57. The molecule has 1 heterocycles. The summed E-state index contributed by atoms with van der Waals surface area (Å²) in [6, 6.07) is 28.7. The Labute approximate surface area is 212 Å². The SMILES string of the molecule is Cc1ccc(Cc2nsc(N(CCC(=O)NC(c3ccccc3)c3ccccc3)C(C)C)n2)cc1. The first-order chi connectivity index (χ1) is 17.0. The van der Waals surface area contributed by atoms with E-state index < -0.39 is 0 Å². The Morgan fingerprint density at radius 2 is 1.51 bits per heavy atom. The number of nitrogens with zero attached hydrogens (tertiary/aromatic N) is 3. The molecule has 1 aromatic heterocycles. The highest BCUT2D eigenvalue weighted by atomic mass is 32.1. The van der Waals surface area contributed by atoms with E-state index in [0.29, 0.717) is 19.4 Å². The molecule has 1 N–H and O–H groups in total. The lowest BCUT2D eigenvalue weighted by Gasteiger charge is -2.26. The van der Waals surface area contributed by atoms with E-state index in [1.54, 1.807) is 0 Å². The zero-order valence-corrected chi connectivity index (χ0v) is 21.3. The zero-order chi connectivity index (χ0) is 24.6. The molecular weight excluding hydrogens is 452 g/mol. The first-order valence-corrected chi connectivity index (χ1v) is 12.8. The van der Waals surface area contributed by atoms with Gasteiger partial charge in [0.05, 0.1) is 6.04 Å². The standard InChI is InChI=1S/C29H32N4OS/c1-21(2)33(29-30-26(32-35-29)20-23-16-14-22(3)15-17-23)19-18-27(34)31-28(24-10-6-4-7-11-24)25-12-8-5-9-13-25/h4-17,21,28H,18-20H2,1-3H3,(H,31,34). The number of aromatic nitrogens is 2. The summed E-state index contributed by atoms with van der Waals surface area (Å²) in [4.78, 5) is 20.0. The highest BCUT2D eigenvalue weighted by Gasteiger charge is 2.20. The molecule has 35 heavy (non-hydrogen) atoms. The van der Waals surface area contributed by atoms with Gasteiger partial charge in [0.1, 0.15) is 5.82 Å². The maximum atomic E-state index is 13.1. The molecule has 1 amide bonds. The van der Waals surface area contributed by atoms with Gasteiger partial charge in [-0.1, -0.05) is 90.5 Å². The van der Waals surface area contributed by atoms with Gasteiger partial charge < -0.3 is 10.2 Å². The van der Waals surface area contributed by atoms with Crippen molar-refractivity contribution in [2.24, 2.45) is 0 Å². The molecule has 0 unspecified atom stereocenters. The summed E-state index contributed by atoms with van der Waals surface area (Å²) in [7, 11) is 0. The van der Waals surface area contributed by atoms with Crippen LogP contribution in [0.5, 0.6) is 0 Å². The van der Waals surface area contributed by atoms with E-state index in [2.05, 4.69) is 83.9 Å². The van der Waals surface area contributed by atoms with Crippen LogP contribution >= 0.6 is 11.5 Å². The minimum Gasteiger partial charge on any atom is -0.345 e. The summed E-state index contributed by atoms with van der Waals surface area (Å²) < 4.78 is 4.58. The number of benzene rings is 3. The Bertz CT molecular complexity index is 1170. The fourth-order valence-electron chi connectivity index (χ4n) is 4.00. The normalized spacial score (nSPS) is 11.1. The minimum absolute atomic E-state index is 0.0118. The van der Waals surface area contributed by atoms with Crippen LogP contribution in [0.2, 0.25) is 0 Å². The van der Waals surface area contributed by atoms with Crippen LogP contribution in [-0.4, -0.2) is 27.9 Å². The van der Waals surface area contributed by atoms with Crippen molar-refractivity contribution in [1.82, 2.24) is 14.7 Å². The first-order valence-electron chi connectivity index (χ1n) is 12.0. The van der Waals surface area contributed by atoms with Crippen LogP contribution in [0.1, 0.15) is 54.4 Å². The van der Waals surface area contributed by atoms with Gasteiger partial charge in [0.2, 0.25) is 11.0 Å². The molecule has 180 valence electrons. The Balaban J connectivity index is 1.41. The number of hydrogen-bond donors (Lipinski definition) is 1. The third kappa shape index (κ3) is 6.76. The van der Waals surface area contributed by atoms with Gasteiger partial charge in [-0.25, -0.2) is 4.98 Å². The third-order valence-electron chi connectivity index (χ3n) is 5.96. The molecular formula is C29H32N4OS. The van der Waals surface area contributed by atoms with E-state index in [1.165, 1.54) is 22.7 Å². The smallest absolute Gasteiger partial charge is 0.222 e. The molecule has 3 aromatic carbocycles. The van der Waals surface area contributed by atoms with Crippen molar-refractivity contribution in [1.29, 1.82) is 0 Å². The van der Waals surface area contributed by atoms with Gasteiger partial charge in [-0.15, -0.1) is 0 Å². The first kappa shape index (κ1) is 24.6. The van der Waals surface area contributed by atoms with Gasteiger partial charge in [0.25, 0.3) is 0 Å². The number of rotatable bonds is 10. The second kappa shape index (κ2) is 11.8. The fourth-order valence-corrected chi connectivity index (χ4v) is 4.85. The molecule has 5 nitrogen and oxygen atoms in total. The zero-order valence-electron chi connectivity index (χ0n) is 20.5. The minimum atomic E-state index is -0.181. The van der Waals surface area contributed by atoms with Gasteiger partial charge in [-0.05, 0) is 37.5 Å². The lowest BCUT2D eigenvalue weighted by atomic mass is 9.98. The highest BCUT2D eigenvalue weighted by molar-refractivity contribution is 7.09. The average molecular weight is 485 g/mol. The predicted molar refractivity (Wildman–Crippen MR) is 144 cm³/mol. The number of carbonyl (C=O) groups excluding carboxylic acids is 1. The van der Waals surface area contributed by atoms with E-state index in [4.69, 9.17) is 4.98 Å². The van der Waals surface area contributed by atoms with Gasteiger partial charge in [-0.3, -0.25) is 4.79 Å². The van der Waals surface area contributed by atoms with Gasteiger partial charge >= 0.3 is 0 Å². The van der Waals surface area contributed by atoms with E-state index in [0.717, 1.165) is 22.1 Å². The molecule has 0 bridgehead atoms. The topological polar surface area (TPSA) is 58.1 Å². The molecule has 0 aliphatic heterocycles. The predicted octanol–water partition coefficient (Wildman–Crippen LogP) is 5.95. The van der Waals surface area contributed by atoms with E-state index in [9.17, 15) is 4.79 Å². The third-order valence-corrected chi connectivity index (χ3v) is 6.75. The van der Waals surface area contributed by atoms with Crippen molar-refractivity contribution in [3.8, 4) is 0 Å². The van der Waals surface area contributed by atoms with E-state index in [-0.39, 0.29) is 18.0 Å². The van der Waals surface area contributed by atoms with Crippen LogP contribution in [0, 0.1) is 6.92 Å². The van der Waals surface area contributed by atoms with Gasteiger partial charge in [0, 0.05) is 37.0 Å². The Kier molecular flexibility index (Phi) is 8.27. The lowest BCUT2D eigenvalue weighted by molar-refractivity contribution is -0.121. The fraction of sp³-hybridized carbons (Fsp3) is 0.276. The summed E-state index contributed by atoms with van der Waals surface area (Å²) in [5, 5.41) is 4.10. The summed E-state index contributed by atoms with van der Waals surface area (Å²) in [6.07, 6.45) is 1.08. The second-order valence-electron chi connectivity index (χ2n) is 9.01. The van der Waals surface area contributed by atoms with E-state index >= 15 is 0 Å². The number of hydrogen-bond acceptors (Lipinski definition) is 5. The van der Waals surface area contributed by atoms with Crippen molar-refractivity contribution in [3.05, 3.63) is 113 Å². The molecule has 0 fully saturated rings. The summed E-state index contributed by atoms with van der Waals surface area (Å²) in [5.74, 6) is 0.829. The molecule has 0 saturated carbocycles. The van der Waals surface area contributed by atoms with Crippen molar-refractivity contribution in [2.75, 3.05) is 11.4 Å². The summed E-state index contributed by atoms with van der Waals surface area (Å²) in [6.45, 7) is 6.91. The molecule has 0 aliphatic rings. The Morgan fingerprint density at radius 3 is 2.09 bits per heavy atom. The lowest BCUT2D eigenvalue weighted by Crippen LogP contribution is -2.36. The van der Waals surface area contributed by atoms with Crippen LogP contribution < -0.4 is 10.2 Å². The number of amides is 1. The molecule has 4 rings (SSSR count). The molecule has 0 spiro atoms. The number of nitrogens with one attached hydrogen (secondary N) is 1. The quantitative estimate of drug-likeness (QED) is 0.302. The van der Waals surface area contributed by atoms with Crippen molar-refractivity contribution in [3.63, 3.8) is 0 Å². The van der Waals surface area contributed by atoms with Crippen LogP contribution in [0.25, 0.3) is 0 Å². The second-order valence-corrected chi connectivity index (χ2v) is 9.74. The molecule has 0 aliphatic carbocycles. The molecule has 0 atom stereocenters. The molecule has 0 saturated heterocycles. The van der Waals surface area contributed by atoms with Crippen LogP contribution in [0.15, 0.2) is 84.9 Å². The Hall–Kier alpha value is -3.51. The average Bonchev–Trinajstić information content (AvgIpc) is 3.33. The van der Waals surface area contributed by atoms with Gasteiger partial charge in [0.15, 0.2) is 0 Å². The maximum absolute atomic E-state index is 13.1. The number of anilines is 1. The van der Waals surface area contributed by atoms with Crippen LogP contribution in [0.3, 0.4) is 0 Å². The van der Waals surface area contributed by atoms with Crippen molar-refractivity contribution >= 4 is 22.6 Å². The molecule has 6 heteroatoms. The van der Waals surface area contributed by atoms with Crippen molar-refractivity contribution in [2.45, 2.75) is 45.7 Å². The van der Waals surface area contributed by atoms with Gasteiger partial charge in [-0.2, -0.15) is 4.37 Å². The molecule has 0 radical (unpaired) electrons. The Morgan fingerprint density at radius 1 is 0.914 bits per heavy atom. The summed E-state index contributed by atoms with van der Waals surface area (Å²) >= 11 is 1.40. The largest absolute Gasteiger partial charge is 0.345 e. The molecule has 4 aromatic rings. The van der Waals surface area contributed by atoms with Crippen molar-refractivity contribution < 1.29 is 4.79 Å².